The number of rotatable bonds is 6. The standard InChI is InChI=1S/C19H26N4O2/c1-13-16(18(25-3)23(2)22-13)12-20-19(24)21-17(15-10-7-11-15)14-8-5-4-6-9-14/h4-6,8-9,15,17H,7,10-12H2,1-3H3,(H2,20,21,24)/t17-/m1/s1. The summed E-state index contributed by atoms with van der Waals surface area (Å²) >= 11 is 0. The minimum Gasteiger partial charge on any atom is -0.481 e. The second kappa shape index (κ2) is 7.59. The zero-order valence-electron chi connectivity index (χ0n) is 15.1. The molecule has 2 N–H and O–H groups in total. The second-order valence-electron chi connectivity index (χ2n) is 6.60. The van der Waals surface area contributed by atoms with Crippen LogP contribution >= 0.6 is 0 Å². The van der Waals surface area contributed by atoms with Crippen LogP contribution in [-0.4, -0.2) is 22.9 Å². The highest BCUT2D eigenvalue weighted by Gasteiger charge is 2.29. The van der Waals surface area contributed by atoms with Crippen LogP contribution in [-0.2, 0) is 13.6 Å². The normalized spacial score (nSPS) is 15.3. The van der Waals surface area contributed by atoms with Crippen LogP contribution < -0.4 is 15.4 Å². The third-order valence-electron chi connectivity index (χ3n) is 4.97. The van der Waals surface area contributed by atoms with Gasteiger partial charge in [0.2, 0.25) is 5.88 Å². The molecule has 25 heavy (non-hydrogen) atoms. The van der Waals surface area contributed by atoms with Crippen LogP contribution in [0.15, 0.2) is 30.3 Å². The maximum atomic E-state index is 12.5. The summed E-state index contributed by atoms with van der Waals surface area (Å²) in [5.74, 6) is 1.19. The summed E-state index contributed by atoms with van der Waals surface area (Å²) in [6.07, 6.45) is 3.56. The highest BCUT2D eigenvalue weighted by atomic mass is 16.5. The van der Waals surface area contributed by atoms with Crippen molar-refractivity contribution in [2.24, 2.45) is 13.0 Å². The second-order valence-corrected chi connectivity index (χ2v) is 6.60. The number of benzene rings is 1. The van der Waals surface area contributed by atoms with Crippen LogP contribution in [0.1, 0.15) is 42.1 Å². The highest BCUT2D eigenvalue weighted by Crippen LogP contribution is 2.37. The Bertz CT molecular complexity index is 723. The van der Waals surface area contributed by atoms with Gasteiger partial charge in [0.25, 0.3) is 0 Å². The number of hydrogen-bond acceptors (Lipinski definition) is 3. The Hall–Kier alpha value is -2.50. The molecule has 1 aliphatic rings. The Balaban J connectivity index is 1.64. The van der Waals surface area contributed by atoms with E-state index in [9.17, 15) is 4.79 Å². The lowest BCUT2D eigenvalue weighted by atomic mass is 9.77. The number of aromatic nitrogens is 2. The third-order valence-corrected chi connectivity index (χ3v) is 4.97. The number of methoxy groups -OCH3 is 1. The molecule has 6 heteroatoms. The Morgan fingerprint density at radius 1 is 1.36 bits per heavy atom. The molecule has 1 atom stereocenters. The van der Waals surface area contributed by atoms with E-state index in [2.05, 4.69) is 27.9 Å². The summed E-state index contributed by atoms with van der Waals surface area (Å²) in [4.78, 5) is 12.5. The number of hydrogen-bond donors (Lipinski definition) is 2. The fourth-order valence-corrected chi connectivity index (χ4v) is 3.41. The minimum absolute atomic E-state index is 0.0619. The lowest BCUT2D eigenvalue weighted by Crippen LogP contribution is -2.41. The smallest absolute Gasteiger partial charge is 0.315 e. The number of aryl methyl sites for hydroxylation is 2. The third kappa shape index (κ3) is 3.78. The molecule has 0 bridgehead atoms. The Kier molecular flexibility index (Phi) is 5.26. The van der Waals surface area contributed by atoms with E-state index in [0.717, 1.165) is 29.7 Å². The molecule has 1 saturated carbocycles. The Morgan fingerprint density at radius 3 is 2.68 bits per heavy atom. The van der Waals surface area contributed by atoms with Crippen molar-refractivity contribution in [3.63, 3.8) is 0 Å². The molecule has 0 saturated heterocycles. The van der Waals surface area contributed by atoms with Gasteiger partial charge in [0.1, 0.15) is 0 Å². The average Bonchev–Trinajstić information content (AvgIpc) is 2.84. The van der Waals surface area contributed by atoms with Crippen LogP contribution in [0.2, 0.25) is 0 Å². The van der Waals surface area contributed by atoms with E-state index in [1.807, 2.05) is 32.2 Å². The zero-order chi connectivity index (χ0) is 17.8. The predicted molar refractivity (Wildman–Crippen MR) is 96.4 cm³/mol. The Morgan fingerprint density at radius 2 is 2.08 bits per heavy atom. The van der Waals surface area contributed by atoms with Gasteiger partial charge in [-0.3, -0.25) is 0 Å². The van der Waals surface area contributed by atoms with Crippen LogP contribution in [0.5, 0.6) is 5.88 Å². The molecule has 0 unspecified atom stereocenters. The number of nitrogens with one attached hydrogen (secondary N) is 2. The van der Waals surface area contributed by atoms with Gasteiger partial charge in [0, 0.05) is 7.05 Å². The molecule has 3 rings (SSSR count). The molecule has 0 radical (unpaired) electrons. The summed E-state index contributed by atoms with van der Waals surface area (Å²) in [5.41, 5.74) is 2.93. The lowest BCUT2D eigenvalue weighted by Gasteiger charge is -2.34. The summed E-state index contributed by atoms with van der Waals surface area (Å²) in [7, 11) is 3.44. The van der Waals surface area contributed by atoms with E-state index in [1.165, 1.54) is 6.42 Å². The average molecular weight is 342 g/mol. The first kappa shape index (κ1) is 17.3. The number of urea groups is 1. The lowest BCUT2D eigenvalue weighted by molar-refractivity contribution is 0.207. The van der Waals surface area contributed by atoms with Crippen molar-refractivity contribution in [1.29, 1.82) is 0 Å². The van der Waals surface area contributed by atoms with Crippen molar-refractivity contribution in [1.82, 2.24) is 20.4 Å². The van der Waals surface area contributed by atoms with Crippen LogP contribution in [0.4, 0.5) is 4.79 Å². The fraction of sp³-hybridized carbons (Fsp3) is 0.474. The van der Waals surface area contributed by atoms with Gasteiger partial charge in [-0.05, 0) is 31.2 Å². The van der Waals surface area contributed by atoms with Gasteiger partial charge < -0.3 is 15.4 Å². The van der Waals surface area contributed by atoms with E-state index in [1.54, 1.807) is 11.8 Å². The maximum Gasteiger partial charge on any atom is 0.315 e. The summed E-state index contributed by atoms with van der Waals surface area (Å²) in [6.45, 7) is 2.30. The largest absolute Gasteiger partial charge is 0.481 e. The molecular formula is C19H26N4O2. The van der Waals surface area contributed by atoms with Crippen molar-refractivity contribution < 1.29 is 9.53 Å². The van der Waals surface area contributed by atoms with E-state index < -0.39 is 0 Å². The van der Waals surface area contributed by atoms with Gasteiger partial charge in [0.05, 0.1) is 31.0 Å². The number of carbonyl (C=O) groups excluding carboxylic acids is 1. The van der Waals surface area contributed by atoms with Gasteiger partial charge in [-0.2, -0.15) is 5.10 Å². The molecule has 2 amide bonds. The quantitative estimate of drug-likeness (QED) is 0.848. The number of carbonyl (C=O) groups is 1. The number of nitrogens with zero attached hydrogens (tertiary/aromatic N) is 2. The van der Waals surface area contributed by atoms with Crippen molar-refractivity contribution in [2.45, 2.75) is 38.8 Å². The molecule has 1 aliphatic carbocycles. The van der Waals surface area contributed by atoms with Gasteiger partial charge in [0.15, 0.2) is 0 Å². The van der Waals surface area contributed by atoms with E-state index >= 15 is 0 Å². The fourth-order valence-electron chi connectivity index (χ4n) is 3.41. The van der Waals surface area contributed by atoms with E-state index in [0.29, 0.717) is 18.3 Å². The van der Waals surface area contributed by atoms with Crippen molar-refractivity contribution in [3.8, 4) is 5.88 Å². The van der Waals surface area contributed by atoms with Gasteiger partial charge >= 0.3 is 6.03 Å². The summed E-state index contributed by atoms with van der Waals surface area (Å²) < 4.78 is 7.06. The molecule has 134 valence electrons. The molecule has 6 nitrogen and oxygen atoms in total. The number of ether oxygens (including phenoxy) is 1. The predicted octanol–water partition coefficient (Wildman–Crippen LogP) is 3.08. The summed E-state index contributed by atoms with van der Waals surface area (Å²) in [6, 6.07) is 10.1. The highest BCUT2D eigenvalue weighted by molar-refractivity contribution is 5.74. The molecule has 1 fully saturated rings. The van der Waals surface area contributed by atoms with Crippen LogP contribution in [0.25, 0.3) is 0 Å². The van der Waals surface area contributed by atoms with E-state index in [-0.39, 0.29) is 12.1 Å². The monoisotopic (exact) mass is 342 g/mol. The van der Waals surface area contributed by atoms with Crippen LogP contribution in [0.3, 0.4) is 0 Å². The maximum absolute atomic E-state index is 12.5. The molecule has 1 aromatic heterocycles. The molecule has 0 spiro atoms. The Labute approximate surface area is 148 Å². The van der Waals surface area contributed by atoms with E-state index in [4.69, 9.17) is 4.74 Å². The SMILES string of the molecule is COc1c(CNC(=O)N[C@H](c2ccccc2)C2CCC2)c(C)nn1C. The molecule has 0 aliphatic heterocycles. The molecule has 1 heterocycles. The first-order chi connectivity index (χ1) is 12.1. The van der Waals surface area contributed by atoms with Crippen molar-refractivity contribution in [2.75, 3.05) is 7.11 Å². The topological polar surface area (TPSA) is 68.2 Å². The minimum atomic E-state index is -0.161. The zero-order valence-corrected chi connectivity index (χ0v) is 15.1. The van der Waals surface area contributed by atoms with Gasteiger partial charge in [-0.25, -0.2) is 9.48 Å². The van der Waals surface area contributed by atoms with Gasteiger partial charge in [-0.1, -0.05) is 36.8 Å². The van der Waals surface area contributed by atoms with Crippen molar-refractivity contribution in [3.05, 3.63) is 47.2 Å². The number of amides is 2. The molecular weight excluding hydrogens is 316 g/mol. The van der Waals surface area contributed by atoms with Gasteiger partial charge in [-0.15, -0.1) is 0 Å². The first-order valence-electron chi connectivity index (χ1n) is 8.76. The summed E-state index contributed by atoms with van der Waals surface area (Å²) in [5, 5.41) is 10.4. The molecule has 1 aromatic carbocycles. The first-order valence-corrected chi connectivity index (χ1v) is 8.76. The van der Waals surface area contributed by atoms with Crippen LogP contribution in [0, 0.1) is 12.8 Å². The molecule has 2 aromatic rings. The van der Waals surface area contributed by atoms with Crippen molar-refractivity contribution >= 4 is 6.03 Å².